The second-order valence-corrected chi connectivity index (χ2v) is 6.95. The molecule has 0 atom stereocenters. The monoisotopic (exact) mass is 359 g/mol. The Kier molecular flexibility index (Phi) is 5.55. The Hall–Kier alpha value is -3.14. The molecule has 0 unspecified atom stereocenters. The Morgan fingerprint density at radius 1 is 1.00 bits per heavy atom. The summed E-state index contributed by atoms with van der Waals surface area (Å²) in [6.45, 7) is 6.26. The first-order valence-electron chi connectivity index (χ1n) is 9.13. The van der Waals surface area contributed by atoms with Gasteiger partial charge in [-0.25, -0.2) is 4.98 Å². The van der Waals surface area contributed by atoms with E-state index in [0.717, 1.165) is 28.3 Å². The third kappa shape index (κ3) is 4.17. The lowest BCUT2D eigenvalue weighted by Gasteiger charge is -2.19. The zero-order valence-electron chi connectivity index (χ0n) is 16.2. The number of anilines is 3. The van der Waals surface area contributed by atoms with E-state index in [2.05, 4.69) is 30.2 Å². The van der Waals surface area contributed by atoms with Crippen LogP contribution in [0.5, 0.6) is 0 Å². The molecule has 4 heteroatoms. The molecule has 1 heterocycles. The fourth-order valence-electron chi connectivity index (χ4n) is 3.03. The van der Waals surface area contributed by atoms with Gasteiger partial charge in [-0.2, -0.15) is 0 Å². The van der Waals surface area contributed by atoms with E-state index < -0.39 is 0 Å². The summed E-state index contributed by atoms with van der Waals surface area (Å²) in [5.74, 6) is 0.976. The molecule has 0 radical (unpaired) electrons. The normalized spacial score (nSPS) is 10.7. The number of amides is 1. The molecular formula is C23H25N3O. The molecule has 27 heavy (non-hydrogen) atoms. The van der Waals surface area contributed by atoms with Crippen molar-refractivity contribution in [2.45, 2.75) is 26.7 Å². The molecule has 0 aliphatic heterocycles. The summed E-state index contributed by atoms with van der Waals surface area (Å²) in [4.78, 5) is 19.2. The molecule has 0 aliphatic rings. The lowest BCUT2D eigenvalue weighted by Crippen LogP contribution is -2.16. The van der Waals surface area contributed by atoms with Crippen molar-refractivity contribution in [1.82, 2.24) is 4.98 Å². The predicted octanol–water partition coefficient (Wildman–Crippen LogP) is 5.53. The number of nitrogens with zero attached hydrogens (tertiary/aromatic N) is 2. The third-order valence-electron chi connectivity index (χ3n) is 4.66. The first kappa shape index (κ1) is 18.6. The molecule has 4 nitrogen and oxygen atoms in total. The van der Waals surface area contributed by atoms with E-state index in [9.17, 15) is 4.79 Å². The van der Waals surface area contributed by atoms with Crippen molar-refractivity contribution in [2.75, 3.05) is 17.3 Å². The van der Waals surface area contributed by atoms with Crippen molar-refractivity contribution >= 4 is 23.1 Å². The number of para-hydroxylation sites is 2. The summed E-state index contributed by atoms with van der Waals surface area (Å²) in [6.07, 6.45) is 1.62. The Labute approximate surface area is 160 Å². The first-order chi connectivity index (χ1) is 13.0. The highest BCUT2D eigenvalue weighted by atomic mass is 16.1. The molecule has 0 saturated heterocycles. The maximum absolute atomic E-state index is 12.7. The van der Waals surface area contributed by atoms with Gasteiger partial charge in [0.05, 0.1) is 5.56 Å². The van der Waals surface area contributed by atoms with Gasteiger partial charge in [-0.1, -0.05) is 50.2 Å². The Balaban J connectivity index is 1.79. The second kappa shape index (κ2) is 8.04. The number of rotatable bonds is 5. The number of carbonyl (C=O) groups excluding carboxylic acids is 1. The van der Waals surface area contributed by atoms with Crippen LogP contribution in [0.1, 0.15) is 41.3 Å². The molecule has 1 aromatic heterocycles. The smallest absolute Gasteiger partial charge is 0.257 e. The topological polar surface area (TPSA) is 45.2 Å². The van der Waals surface area contributed by atoms with Crippen LogP contribution < -0.4 is 10.2 Å². The van der Waals surface area contributed by atoms with Gasteiger partial charge in [-0.3, -0.25) is 4.79 Å². The van der Waals surface area contributed by atoms with Crippen LogP contribution in [0.3, 0.4) is 0 Å². The Morgan fingerprint density at radius 2 is 1.74 bits per heavy atom. The van der Waals surface area contributed by atoms with Crippen molar-refractivity contribution in [1.29, 1.82) is 0 Å². The number of nitrogens with one attached hydrogen (secondary N) is 1. The summed E-state index contributed by atoms with van der Waals surface area (Å²) in [5, 5.41) is 3.06. The van der Waals surface area contributed by atoms with Crippen molar-refractivity contribution in [2.24, 2.45) is 0 Å². The van der Waals surface area contributed by atoms with Crippen molar-refractivity contribution in [3.8, 4) is 0 Å². The van der Waals surface area contributed by atoms with Gasteiger partial charge in [0.15, 0.2) is 0 Å². The molecule has 3 rings (SSSR count). The molecule has 138 valence electrons. The average molecular weight is 359 g/mol. The predicted molar refractivity (Wildman–Crippen MR) is 112 cm³/mol. The fraction of sp³-hybridized carbons (Fsp3) is 0.217. The van der Waals surface area contributed by atoms with Gasteiger partial charge < -0.3 is 10.2 Å². The molecule has 1 N–H and O–H groups in total. The van der Waals surface area contributed by atoms with Crippen LogP contribution in [0.2, 0.25) is 0 Å². The van der Waals surface area contributed by atoms with Crippen LogP contribution in [0.25, 0.3) is 0 Å². The Morgan fingerprint density at radius 3 is 2.37 bits per heavy atom. The average Bonchev–Trinajstić information content (AvgIpc) is 2.69. The number of carbonyl (C=O) groups is 1. The van der Waals surface area contributed by atoms with Crippen molar-refractivity contribution < 1.29 is 4.79 Å². The summed E-state index contributed by atoms with van der Waals surface area (Å²) >= 11 is 0. The number of benzene rings is 2. The molecule has 0 aliphatic carbocycles. The highest BCUT2D eigenvalue weighted by molar-refractivity contribution is 6.05. The Bertz CT molecular complexity index is 918. The minimum atomic E-state index is -0.146. The number of aryl methyl sites for hydroxylation is 1. The molecule has 3 aromatic rings. The summed E-state index contributed by atoms with van der Waals surface area (Å²) < 4.78 is 0. The summed E-state index contributed by atoms with van der Waals surface area (Å²) in [5.41, 5.74) is 4.67. The van der Waals surface area contributed by atoms with Gasteiger partial charge in [-0.05, 0) is 48.2 Å². The van der Waals surface area contributed by atoms with E-state index in [1.165, 1.54) is 0 Å². The quantitative estimate of drug-likeness (QED) is 0.651. The zero-order valence-corrected chi connectivity index (χ0v) is 16.2. The van der Waals surface area contributed by atoms with Gasteiger partial charge in [0.25, 0.3) is 5.91 Å². The summed E-state index contributed by atoms with van der Waals surface area (Å²) in [6, 6.07) is 19.8. The number of aromatic nitrogens is 1. The standard InChI is InChI=1S/C23H25N3O/c1-16(2)20-12-8-9-17(3)22(20)25-23(27)18-13-14-21(24-15-18)26(4)19-10-6-5-7-11-19/h5-16H,1-4H3,(H,25,27). The van der Waals surface area contributed by atoms with Crippen LogP contribution in [-0.2, 0) is 0 Å². The molecular weight excluding hydrogens is 334 g/mol. The number of hydrogen-bond donors (Lipinski definition) is 1. The van der Waals surface area contributed by atoms with Gasteiger partial charge in [-0.15, -0.1) is 0 Å². The minimum absolute atomic E-state index is 0.146. The van der Waals surface area contributed by atoms with Crippen molar-refractivity contribution in [3.63, 3.8) is 0 Å². The highest BCUT2D eigenvalue weighted by Gasteiger charge is 2.14. The lowest BCUT2D eigenvalue weighted by atomic mass is 9.98. The van der Waals surface area contributed by atoms with Crippen LogP contribution in [0.15, 0.2) is 66.9 Å². The summed E-state index contributed by atoms with van der Waals surface area (Å²) in [7, 11) is 1.96. The molecule has 0 fully saturated rings. The van der Waals surface area contributed by atoms with Crippen LogP contribution >= 0.6 is 0 Å². The van der Waals surface area contributed by atoms with Gasteiger partial charge in [0, 0.05) is 24.6 Å². The maximum Gasteiger partial charge on any atom is 0.257 e. The third-order valence-corrected chi connectivity index (χ3v) is 4.66. The van der Waals surface area contributed by atoms with E-state index >= 15 is 0 Å². The molecule has 0 bridgehead atoms. The van der Waals surface area contributed by atoms with Gasteiger partial charge in [0.1, 0.15) is 5.82 Å². The molecule has 0 spiro atoms. The van der Waals surface area contributed by atoms with E-state index in [-0.39, 0.29) is 5.91 Å². The van der Waals surface area contributed by atoms with Crippen LogP contribution in [0.4, 0.5) is 17.2 Å². The minimum Gasteiger partial charge on any atom is -0.329 e. The lowest BCUT2D eigenvalue weighted by molar-refractivity contribution is 0.102. The largest absolute Gasteiger partial charge is 0.329 e. The van der Waals surface area contributed by atoms with E-state index in [0.29, 0.717) is 11.5 Å². The fourth-order valence-corrected chi connectivity index (χ4v) is 3.03. The molecule has 2 aromatic carbocycles. The van der Waals surface area contributed by atoms with Gasteiger partial charge >= 0.3 is 0 Å². The van der Waals surface area contributed by atoms with Crippen molar-refractivity contribution in [3.05, 3.63) is 83.6 Å². The van der Waals surface area contributed by atoms with E-state index in [4.69, 9.17) is 0 Å². The zero-order chi connectivity index (χ0) is 19.4. The van der Waals surface area contributed by atoms with E-state index in [1.54, 1.807) is 6.20 Å². The second-order valence-electron chi connectivity index (χ2n) is 6.95. The number of pyridine rings is 1. The number of hydrogen-bond acceptors (Lipinski definition) is 3. The highest BCUT2D eigenvalue weighted by Crippen LogP contribution is 2.28. The van der Waals surface area contributed by atoms with Crippen LogP contribution in [-0.4, -0.2) is 17.9 Å². The maximum atomic E-state index is 12.7. The molecule has 0 saturated carbocycles. The first-order valence-corrected chi connectivity index (χ1v) is 9.13. The van der Waals surface area contributed by atoms with E-state index in [1.807, 2.05) is 73.5 Å². The van der Waals surface area contributed by atoms with Gasteiger partial charge in [0.2, 0.25) is 0 Å². The SMILES string of the molecule is Cc1cccc(C(C)C)c1NC(=O)c1ccc(N(C)c2ccccc2)nc1. The molecule has 1 amide bonds. The van der Waals surface area contributed by atoms with Crippen LogP contribution in [0, 0.1) is 6.92 Å².